The van der Waals surface area contributed by atoms with E-state index in [-0.39, 0.29) is 17.9 Å². The number of hydrogen-bond acceptors (Lipinski definition) is 5. The summed E-state index contributed by atoms with van der Waals surface area (Å²) in [5.74, 6) is -0.713. The second-order valence-electron chi connectivity index (χ2n) is 6.27. The molecule has 2 heterocycles. The first-order chi connectivity index (χ1) is 13.7. The minimum Gasteiger partial charge on any atom is -0.379 e. The summed E-state index contributed by atoms with van der Waals surface area (Å²) >= 11 is 0. The lowest BCUT2D eigenvalue weighted by Gasteiger charge is -2.26. The van der Waals surface area contributed by atoms with Crippen molar-refractivity contribution in [3.8, 4) is 5.69 Å². The molecule has 0 saturated carbocycles. The molecule has 3 rings (SSSR count). The van der Waals surface area contributed by atoms with Gasteiger partial charge < -0.3 is 10.1 Å². The maximum atomic E-state index is 12.6. The fourth-order valence-corrected chi connectivity index (χ4v) is 4.06. The molecule has 0 aliphatic carbocycles. The van der Waals surface area contributed by atoms with Gasteiger partial charge in [0.2, 0.25) is 10.0 Å². The number of benzene rings is 1. The van der Waals surface area contributed by atoms with E-state index in [1.807, 2.05) is 0 Å². The van der Waals surface area contributed by atoms with Crippen LogP contribution in [0.3, 0.4) is 0 Å². The number of aromatic nitrogens is 2. The molecular weight excluding hydrogens is 413 g/mol. The van der Waals surface area contributed by atoms with E-state index in [1.165, 1.54) is 34.8 Å². The highest BCUT2D eigenvalue weighted by Gasteiger charge is 2.33. The van der Waals surface area contributed by atoms with E-state index < -0.39 is 27.8 Å². The Bertz CT molecular complexity index is 952. The Balaban J connectivity index is 1.56. The van der Waals surface area contributed by atoms with Crippen LogP contribution in [-0.2, 0) is 20.9 Å². The Hall–Kier alpha value is -2.44. The zero-order chi connectivity index (χ0) is 21.1. The molecule has 1 aliphatic rings. The average molecular weight is 432 g/mol. The van der Waals surface area contributed by atoms with Crippen molar-refractivity contribution in [2.24, 2.45) is 0 Å². The van der Waals surface area contributed by atoms with E-state index in [1.54, 1.807) is 0 Å². The highest BCUT2D eigenvalue weighted by atomic mass is 32.2. The number of rotatable bonds is 6. The minimum absolute atomic E-state index is 0.0611. The van der Waals surface area contributed by atoms with Crippen molar-refractivity contribution in [3.63, 3.8) is 0 Å². The van der Waals surface area contributed by atoms with Gasteiger partial charge in [-0.3, -0.25) is 4.79 Å². The Morgan fingerprint density at radius 1 is 1.14 bits per heavy atom. The van der Waals surface area contributed by atoms with E-state index in [0.29, 0.717) is 32.0 Å². The Morgan fingerprint density at radius 3 is 2.38 bits per heavy atom. The summed E-state index contributed by atoms with van der Waals surface area (Å²) < 4.78 is 69.8. The normalized spacial score (nSPS) is 16.0. The van der Waals surface area contributed by atoms with Crippen molar-refractivity contribution >= 4 is 15.9 Å². The minimum atomic E-state index is -4.54. The molecule has 0 spiro atoms. The Kier molecular flexibility index (Phi) is 6.24. The third-order valence-corrected chi connectivity index (χ3v) is 6.15. The molecule has 1 saturated heterocycles. The second kappa shape index (κ2) is 8.51. The standard InChI is InChI=1S/C17H19F3N4O4S/c18-17(19,20)15-5-7-24(22-15)14-3-1-13(2-4-14)16(25)21-6-12-29(26,27)23-8-10-28-11-9-23/h1-5,7H,6,8-12H2,(H,21,25). The van der Waals surface area contributed by atoms with Crippen molar-refractivity contribution in [1.29, 1.82) is 0 Å². The van der Waals surface area contributed by atoms with E-state index >= 15 is 0 Å². The van der Waals surface area contributed by atoms with Crippen LogP contribution in [-0.4, -0.2) is 67.0 Å². The molecule has 1 fully saturated rings. The zero-order valence-corrected chi connectivity index (χ0v) is 16.0. The van der Waals surface area contributed by atoms with E-state index in [4.69, 9.17) is 4.74 Å². The first kappa shape index (κ1) is 21.3. The van der Waals surface area contributed by atoms with Gasteiger partial charge in [-0.1, -0.05) is 0 Å². The van der Waals surface area contributed by atoms with Crippen LogP contribution in [0.2, 0.25) is 0 Å². The third kappa shape index (κ3) is 5.34. The van der Waals surface area contributed by atoms with Gasteiger partial charge in [0, 0.05) is 31.4 Å². The maximum absolute atomic E-state index is 12.6. The van der Waals surface area contributed by atoms with Crippen molar-refractivity contribution in [3.05, 3.63) is 47.8 Å². The van der Waals surface area contributed by atoms with Crippen LogP contribution in [0.1, 0.15) is 16.1 Å². The molecule has 1 aliphatic heterocycles. The first-order valence-electron chi connectivity index (χ1n) is 8.74. The first-order valence-corrected chi connectivity index (χ1v) is 10.3. The summed E-state index contributed by atoms with van der Waals surface area (Å²) in [4.78, 5) is 12.2. The molecule has 1 aromatic carbocycles. The van der Waals surface area contributed by atoms with Crippen LogP contribution in [0, 0.1) is 0 Å². The van der Waals surface area contributed by atoms with E-state index in [0.717, 1.165) is 10.7 Å². The van der Waals surface area contributed by atoms with Gasteiger partial charge in [-0.2, -0.15) is 22.6 Å². The second-order valence-corrected chi connectivity index (χ2v) is 8.36. The number of amides is 1. The van der Waals surface area contributed by atoms with Gasteiger partial charge in [-0.05, 0) is 30.3 Å². The maximum Gasteiger partial charge on any atom is 0.435 e. The SMILES string of the molecule is O=C(NCCS(=O)(=O)N1CCOCC1)c1ccc(-n2ccc(C(F)(F)F)n2)cc1. The fourth-order valence-electron chi connectivity index (χ4n) is 2.73. The van der Waals surface area contributed by atoms with Crippen LogP contribution >= 0.6 is 0 Å². The van der Waals surface area contributed by atoms with Crippen molar-refractivity contribution in [2.45, 2.75) is 6.18 Å². The van der Waals surface area contributed by atoms with Crippen LogP contribution < -0.4 is 5.32 Å². The number of halogens is 3. The van der Waals surface area contributed by atoms with Gasteiger partial charge in [0.1, 0.15) is 0 Å². The number of nitrogens with one attached hydrogen (secondary N) is 1. The number of alkyl halides is 3. The van der Waals surface area contributed by atoms with Gasteiger partial charge in [0.05, 0.1) is 24.7 Å². The summed E-state index contributed by atoms with van der Waals surface area (Å²) in [5.41, 5.74) is -0.409. The molecule has 1 N–H and O–H groups in total. The predicted molar refractivity (Wildman–Crippen MR) is 97.1 cm³/mol. The summed E-state index contributed by atoms with van der Waals surface area (Å²) in [5, 5.41) is 5.99. The molecule has 0 radical (unpaired) electrons. The van der Waals surface area contributed by atoms with Crippen molar-refractivity contribution in [2.75, 3.05) is 38.6 Å². The van der Waals surface area contributed by atoms with E-state index in [2.05, 4.69) is 10.4 Å². The lowest BCUT2D eigenvalue weighted by atomic mass is 10.2. The highest BCUT2D eigenvalue weighted by Crippen LogP contribution is 2.27. The fraction of sp³-hybridized carbons (Fsp3) is 0.412. The van der Waals surface area contributed by atoms with Gasteiger partial charge >= 0.3 is 6.18 Å². The molecule has 158 valence electrons. The molecule has 0 atom stereocenters. The van der Waals surface area contributed by atoms with Crippen molar-refractivity contribution in [1.82, 2.24) is 19.4 Å². The number of carbonyl (C=O) groups is 1. The summed E-state index contributed by atoms with van der Waals surface area (Å²) in [6, 6.07) is 6.61. The smallest absolute Gasteiger partial charge is 0.379 e. The molecular formula is C17H19F3N4O4S. The third-order valence-electron chi connectivity index (χ3n) is 4.28. The van der Waals surface area contributed by atoms with Crippen LogP contribution in [0.4, 0.5) is 13.2 Å². The molecule has 29 heavy (non-hydrogen) atoms. The molecule has 1 aromatic heterocycles. The lowest BCUT2D eigenvalue weighted by molar-refractivity contribution is -0.141. The number of carbonyl (C=O) groups excluding carboxylic acids is 1. The van der Waals surface area contributed by atoms with Crippen LogP contribution in [0.5, 0.6) is 0 Å². The topological polar surface area (TPSA) is 93.5 Å². The molecule has 2 aromatic rings. The summed E-state index contributed by atoms with van der Waals surface area (Å²) in [6.45, 7) is 1.22. The summed E-state index contributed by atoms with van der Waals surface area (Å²) in [6.07, 6.45) is -3.36. The van der Waals surface area contributed by atoms with Crippen molar-refractivity contribution < 1.29 is 31.1 Å². The monoisotopic (exact) mass is 432 g/mol. The Labute approximate surface area is 165 Å². The number of sulfonamides is 1. The number of ether oxygens (including phenoxy) is 1. The zero-order valence-electron chi connectivity index (χ0n) is 15.2. The van der Waals surface area contributed by atoms with E-state index in [9.17, 15) is 26.4 Å². The summed E-state index contributed by atoms with van der Waals surface area (Å²) in [7, 11) is -3.48. The number of nitrogens with zero attached hydrogens (tertiary/aromatic N) is 3. The molecule has 0 unspecified atom stereocenters. The average Bonchev–Trinajstić information content (AvgIpc) is 3.19. The number of hydrogen-bond donors (Lipinski definition) is 1. The highest BCUT2D eigenvalue weighted by molar-refractivity contribution is 7.89. The molecule has 0 bridgehead atoms. The molecule has 12 heteroatoms. The predicted octanol–water partition coefficient (Wildman–Crippen LogP) is 1.28. The van der Waals surface area contributed by atoms with Crippen LogP contribution in [0.15, 0.2) is 36.5 Å². The van der Waals surface area contributed by atoms with Crippen LogP contribution in [0.25, 0.3) is 5.69 Å². The largest absolute Gasteiger partial charge is 0.435 e. The number of morpholine rings is 1. The van der Waals surface area contributed by atoms with Gasteiger partial charge in [-0.25, -0.2) is 13.1 Å². The lowest BCUT2D eigenvalue weighted by Crippen LogP contribution is -2.43. The molecule has 8 nitrogen and oxygen atoms in total. The van der Waals surface area contributed by atoms with Gasteiger partial charge in [0.15, 0.2) is 5.69 Å². The Morgan fingerprint density at radius 2 is 1.79 bits per heavy atom. The molecule has 1 amide bonds. The van der Waals surface area contributed by atoms with Gasteiger partial charge in [0.25, 0.3) is 5.91 Å². The quantitative estimate of drug-likeness (QED) is 0.743. The van der Waals surface area contributed by atoms with Gasteiger partial charge in [-0.15, -0.1) is 0 Å².